The lowest BCUT2D eigenvalue weighted by atomic mass is 10.1. The van der Waals surface area contributed by atoms with Crippen LogP contribution in [0.5, 0.6) is 0 Å². The Balaban J connectivity index is 1.75. The summed E-state index contributed by atoms with van der Waals surface area (Å²) in [4.78, 5) is 28.4. The number of fused-ring (bicyclic) bond motifs is 2. The molecule has 8 nitrogen and oxygen atoms in total. The van der Waals surface area contributed by atoms with E-state index in [4.69, 9.17) is 4.42 Å². The Bertz CT molecular complexity index is 1220. The van der Waals surface area contributed by atoms with Crippen LogP contribution in [0.1, 0.15) is 33.5 Å². The second kappa shape index (κ2) is 6.63. The van der Waals surface area contributed by atoms with E-state index < -0.39 is 0 Å². The zero-order chi connectivity index (χ0) is 19.9. The summed E-state index contributed by atoms with van der Waals surface area (Å²) < 4.78 is 5.18. The third-order valence-electron chi connectivity index (χ3n) is 4.10. The van der Waals surface area contributed by atoms with Crippen molar-refractivity contribution in [1.82, 2.24) is 19.9 Å². The Morgan fingerprint density at radius 3 is 2.68 bits per heavy atom. The number of hydrogen-bond acceptors (Lipinski definition) is 7. The van der Waals surface area contributed by atoms with Gasteiger partial charge in [-0.05, 0) is 45.0 Å². The molecule has 0 saturated heterocycles. The Morgan fingerprint density at radius 2 is 1.93 bits per heavy atom. The Labute approximate surface area is 161 Å². The van der Waals surface area contributed by atoms with Crippen LogP contribution < -0.4 is 16.3 Å². The minimum absolute atomic E-state index is 0.176. The van der Waals surface area contributed by atoms with Gasteiger partial charge in [0, 0.05) is 29.1 Å². The number of aromatic amines is 1. The molecule has 3 heterocycles. The Kier molecular flexibility index (Phi) is 4.26. The number of anilines is 3. The van der Waals surface area contributed by atoms with E-state index in [9.17, 15) is 4.79 Å². The van der Waals surface area contributed by atoms with Crippen LogP contribution in [-0.2, 0) is 6.42 Å². The van der Waals surface area contributed by atoms with Gasteiger partial charge in [-0.25, -0.2) is 9.78 Å². The quantitative estimate of drug-likeness (QED) is 0.461. The molecule has 0 aliphatic rings. The van der Waals surface area contributed by atoms with Gasteiger partial charge in [-0.15, -0.1) is 0 Å². The number of aromatic nitrogens is 4. The van der Waals surface area contributed by atoms with Gasteiger partial charge in [0.25, 0.3) is 0 Å². The molecule has 0 bridgehead atoms. The first kappa shape index (κ1) is 18.0. The molecule has 8 heteroatoms. The molecule has 0 atom stereocenters. The molecule has 0 radical (unpaired) electrons. The fourth-order valence-electron chi connectivity index (χ4n) is 2.89. The number of nitrogens with zero attached hydrogens (tertiary/aromatic N) is 3. The lowest BCUT2D eigenvalue weighted by molar-refractivity contribution is 0.561. The van der Waals surface area contributed by atoms with Crippen LogP contribution in [0.4, 0.5) is 17.5 Å². The van der Waals surface area contributed by atoms with E-state index >= 15 is 0 Å². The van der Waals surface area contributed by atoms with Crippen molar-refractivity contribution in [3.63, 3.8) is 0 Å². The second-order valence-electron chi connectivity index (χ2n) is 7.64. The summed E-state index contributed by atoms with van der Waals surface area (Å²) in [5.74, 6) is 1.98. The molecule has 0 spiro atoms. The normalized spacial score (nSPS) is 11.9. The number of nitrogens with one attached hydrogen (secondary N) is 3. The molecule has 4 rings (SSSR count). The van der Waals surface area contributed by atoms with Crippen molar-refractivity contribution < 1.29 is 4.42 Å². The first-order valence-corrected chi connectivity index (χ1v) is 9.16. The van der Waals surface area contributed by atoms with Crippen molar-refractivity contribution >= 4 is 39.6 Å². The van der Waals surface area contributed by atoms with Gasteiger partial charge >= 0.3 is 5.63 Å². The summed E-state index contributed by atoms with van der Waals surface area (Å²) in [7, 11) is 0. The maximum absolute atomic E-state index is 11.3. The van der Waals surface area contributed by atoms with E-state index in [1.165, 1.54) is 6.07 Å². The van der Waals surface area contributed by atoms with Crippen LogP contribution in [0.15, 0.2) is 39.5 Å². The smallest absolute Gasteiger partial charge is 0.336 e. The fourth-order valence-corrected chi connectivity index (χ4v) is 2.89. The summed E-state index contributed by atoms with van der Waals surface area (Å²) in [5.41, 5.74) is 2.17. The SMILES string of the molecule is CCc1nc2c(NC(C)(C)C)nc(Nc3ccc4oc(=O)ccc4c3)nc2[nH]1. The van der Waals surface area contributed by atoms with E-state index in [0.717, 1.165) is 28.8 Å². The summed E-state index contributed by atoms with van der Waals surface area (Å²) in [6, 6.07) is 8.58. The minimum Gasteiger partial charge on any atom is -0.423 e. The Morgan fingerprint density at radius 1 is 1.11 bits per heavy atom. The van der Waals surface area contributed by atoms with Crippen molar-refractivity contribution in [2.24, 2.45) is 0 Å². The van der Waals surface area contributed by atoms with E-state index in [-0.39, 0.29) is 11.2 Å². The average Bonchev–Trinajstić information content (AvgIpc) is 3.04. The van der Waals surface area contributed by atoms with Crippen molar-refractivity contribution in [2.45, 2.75) is 39.7 Å². The average molecular weight is 378 g/mol. The molecule has 28 heavy (non-hydrogen) atoms. The maximum atomic E-state index is 11.3. The largest absolute Gasteiger partial charge is 0.423 e. The number of aryl methyl sites for hydroxylation is 1. The van der Waals surface area contributed by atoms with Crippen LogP contribution >= 0.6 is 0 Å². The summed E-state index contributed by atoms with van der Waals surface area (Å²) in [5, 5.41) is 7.44. The van der Waals surface area contributed by atoms with E-state index in [0.29, 0.717) is 23.0 Å². The van der Waals surface area contributed by atoms with Crippen LogP contribution in [0, 0.1) is 0 Å². The summed E-state index contributed by atoms with van der Waals surface area (Å²) in [6.45, 7) is 8.24. The third kappa shape index (κ3) is 3.66. The third-order valence-corrected chi connectivity index (χ3v) is 4.10. The molecule has 1 aromatic carbocycles. The van der Waals surface area contributed by atoms with E-state index in [1.807, 2.05) is 19.1 Å². The number of H-pyrrole nitrogens is 1. The standard InChI is InChI=1S/C20H22N6O2/c1-5-14-22-16-17(23-14)24-19(25-18(16)26-20(2,3)4)21-12-7-8-13-11(10-12)6-9-15(27)28-13/h6-10H,5H2,1-4H3,(H3,21,22,23,24,25,26). The van der Waals surface area contributed by atoms with Gasteiger partial charge in [0.05, 0.1) is 0 Å². The number of imidazole rings is 1. The van der Waals surface area contributed by atoms with Crippen LogP contribution in [0.25, 0.3) is 22.1 Å². The van der Waals surface area contributed by atoms with Crippen LogP contribution in [-0.4, -0.2) is 25.5 Å². The molecule has 0 unspecified atom stereocenters. The number of rotatable bonds is 4. The summed E-state index contributed by atoms with van der Waals surface area (Å²) in [6.07, 6.45) is 0.782. The Hall–Kier alpha value is -3.42. The first-order valence-electron chi connectivity index (χ1n) is 9.16. The molecular formula is C20H22N6O2. The van der Waals surface area contributed by atoms with Crippen LogP contribution in [0.3, 0.4) is 0 Å². The molecule has 3 N–H and O–H groups in total. The fraction of sp³-hybridized carbons (Fsp3) is 0.300. The molecule has 0 saturated carbocycles. The van der Waals surface area contributed by atoms with Crippen molar-refractivity contribution in [2.75, 3.05) is 10.6 Å². The number of hydrogen-bond donors (Lipinski definition) is 3. The van der Waals surface area contributed by atoms with Gasteiger partial charge < -0.3 is 20.0 Å². The van der Waals surface area contributed by atoms with Crippen molar-refractivity contribution in [3.8, 4) is 0 Å². The number of benzene rings is 1. The zero-order valence-electron chi connectivity index (χ0n) is 16.3. The van der Waals surface area contributed by atoms with E-state index in [2.05, 4.69) is 51.3 Å². The highest BCUT2D eigenvalue weighted by atomic mass is 16.4. The maximum Gasteiger partial charge on any atom is 0.336 e. The van der Waals surface area contributed by atoms with Crippen molar-refractivity contribution in [3.05, 3.63) is 46.6 Å². The molecule has 0 aliphatic heterocycles. The molecule has 4 aromatic rings. The van der Waals surface area contributed by atoms with Gasteiger partial charge in [0.1, 0.15) is 11.4 Å². The molecule has 0 fully saturated rings. The van der Waals surface area contributed by atoms with Crippen LogP contribution in [0.2, 0.25) is 0 Å². The van der Waals surface area contributed by atoms with Gasteiger partial charge in [-0.3, -0.25) is 0 Å². The topological polar surface area (TPSA) is 109 Å². The van der Waals surface area contributed by atoms with Gasteiger partial charge in [0.15, 0.2) is 17.0 Å². The highest BCUT2D eigenvalue weighted by Crippen LogP contribution is 2.26. The molecular weight excluding hydrogens is 356 g/mol. The molecule has 0 amide bonds. The highest BCUT2D eigenvalue weighted by Gasteiger charge is 2.17. The summed E-state index contributed by atoms with van der Waals surface area (Å²) >= 11 is 0. The monoisotopic (exact) mass is 378 g/mol. The van der Waals surface area contributed by atoms with Gasteiger partial charge in [-0.1, -0.05) is 6.92 Å². The predicted octanol–water partition coefficient (Wildman–Crippen LogP) is 3.98. The molecule has 144 valence electrons. The van der Waals surface area contributed by atoms with Gasteiger partial charge in [0.2, 0.25) is 5.95 Å². The minimum atomic E-state index is -0.370. The van der Waals surface area contributed by atoms with Gasteiger partial charge in [-0.2, -0.15) is 9.97 Å². The molecule has 0 aliphatic carbocycles. The predicted molar refractivity (Wildman–Crippen MR) is 110 cm³/mol. The lowest BCUT2D eigenvalue weighted by Crippen LogP contribution is -2.27. The zero-order valence-corrected chi connectivity index (χ0v) is 16.3. The molecule has 3 aromatic heterocycles. The lowest BCUT2D eigenvalue weighted by Gasteiger charge is -2.21. The first-order chi connectivity index (χ1) is 13.3. The van der Waals surface area contributed by atoms with Crippen molar-refractivity contribution in [1.29, 1.82) is 0 Å². The highest BCUT2D eigenvalue weighted by molar-refractivity contribution is 5.86. The second-order valence-corrected chi connectivity index (χ2v) is 7.64. The van der Waals surface area contributed by atoms with E-state index in [1.54, 1.807) is 12.1 Å².